The summed E-state index contributed by atoms with van der Waals surface area (Å²) in [5.74, 6) is 1.32. The van der Waals surface area contributed by atoms with Crippen molar-refractivity contribution in [3.8, 4) is 0 Å². The van der Waals surface area contributed by atoms with Gasteiger partial charge < -0.3 is 16.8 Å². The maximum absolute atomic E-state index is 12.0. The molecule has 1 aromatic rings. The van der Waals surface area contributed by atoms with Crippen LogP contribution in [-0.2, 0) is 11.2 Å². The van der Waals surface area contributed by atoms with Crippen molar-refractivity contribution in [1.82, 2.24) is 0 Å². The Hall–Kier alpha value is 0.0400. The molecule has 1 atom stereocenters. The smallest absolute Gasteiger partial charge is 0.242 e. The lowest BCUT2D eigenvalue weighted by atomic mass is 10.1. The van der Waals surface area contributed by atoms with E-state index in [9.17, 15) is 4.79 Å². The van der Waals surface area contributed by atoms with Crippen molar-refractivity contribution in [1.29, 1.82) is 0 Å². The van der Waals surface area contributed by atoms with Crippen molar-refractivity contribution in [2.24, 2.45) is 11.5 Å². The summed E-state index contributed by atoms with van der Waals surface area (Å²) in [5, 5.41) is 2.86. The number of nitrogens with one attached hydrogen (secondary N) is 1. The van der Waals surface area contributed by atoms with Gasteiger partial charge in [0.05, 0.1) is 6.04 Å². The van der Waals surface area contributed by atoms with Gasteiger partial charge in [0.2, 0.25) is 5.91 Å². The van der Waals surface area contributed by atoms with E-state index < -0.39 is 6.04 Å². The maximum Gasteiger partial charge on any atom is 0.242 e. The van der Waals surface area contributed by atoms with Gasteiger partial charge in [-0.15, -0.1) is 0 Å². The first-order valence-electron chi connectivity index (χ1n) is 7.33. The molecule has 5 N–H and O–H groups in total. The molecule has 0 heterocycles. The lowest BCUT2D eigenvalue weighted by Gasteiger charge is -2.12. The van der Waals surface area contributed by atoms with Crippen LogP contribution in [0.3, 0.4) is 0 Å². The fourth-order valence-corrected chi connectivity index (χ4v) is 4.24. The van der Waals surface area contributed by atoms with E-state index >= 15 is 0 Å². The monoisotopic (exact) mass is 453 g/mol. The summed E-state index contributed by atoms with van der Waals surface area (Å²) in [4.78, 5) is 12.0. The predicted molar refractivity (Wildman–Crippen MR) is 109 cm³/mol. The average molecular weight is 453 g/mol. The molecule has 0 aliphatic heterocycles. The zero-order valence-corrected chi connectivity index (χ0v) is 16.4. The highest BCUT2D eigenvalue weighted by atomic mass is 127. The summed E-state index contributed by atoms with van der Waals surface area (Å²) in [6.45, 7) is 0.642. The number of rotatable bonds is 11. The minimum Gasteiger partial charge on any atom is -0.330 e. The zero-order valence-electron chi connectivity index (χ0n) is 12.6. The largest absolute Gasteiger partial charge is 0.330 e. The van der Waals surface area contributed by atoms with Crippen LogP contribution in [0.4, 0.5) is 5.69 Å². The van der Waals surface area contributed by atoms with Gasteiger partial charge in [0.1, 0.15) is 0 Å². The van der Waals surface area contributed by atoms with Crippen LogP contribution in [0.15, 0.2) is 24.3 Å². The van der Waals surface area contributed by atoms with Gasteiger partial charge in [-0.25, -0.2) is 0 Å². The molecule has 0 radical (unpaired) electrons. The molecule has 0 saturated heterocycles. The normalized spacial score (nSPS) is 12.1. The number of hydrogen-bond acceptors (Lipinski definition) is 5. The van der Waals surface area contributed by atoms with Gasteiger partial charge in [0.15, 0.2) is 0 Å². The molecule has 1 rings (SSSR count). The van der Waals surface area contributed by atoms with Crippen LogP contribution in [0.25, 0.3) is 0 Å². The number of hydrogen-bond donors (Lipinski definition) is 3. The van der Waals surface area contributed by atoms with E-state index in [4.69, 9.17) is 11.5 Å². The highest BCUT2D eigenvalue weighted by Gasteiger charge is 2.13. The number of amides is 1. The summed E-state index contributed by atoms with van der Waals surface area (Å²) >= 11 is 2.40. The first-order chi connectivity index (χ1) is 10.7. The number of carbonyl (C=O) groups excluding carboxylic acids is 1. The van der Waals surface area contributed by atoms with Crippen LogP contribution < -0.4 is 16.8 Å². The minimum absolute atomic E-state index is 0.140. The molecule has 4 nitrogen and oxygen atoms in total. The van der Waals surface area contributed by atoms with Crippen molar-refractivity contribution >= 4 is 55.8 Å². The SMILES string of the molecule is NCCSSCC(N)C(=O)Nc1ccc(CCCCI)cc1. The molecule has 22 heavy (non-hydrogen) atoms. The average Bonchev–Trinajstić information content (AvgIpc) is 2.53. The van der Waals surface area contributed by atoms with E-state index in [0.717, 1.165) is 17.9 Å². The van der Waals surface area contributed by atoms with E-state index in [1.165, 1.54) is 22.8 Å². The third-order valence-electron chi connectivity index (χ3n) is 2.94. The summed E-state index contributed by atoms with van der Waals surface area (Å²) in [7, 11) is 3.24. The first-order valence-corrected chi connectivity index (χ1v) is 11.3. The van der Waals surface area contributed by atoms with Gasteiger partial charge in [-0.3, -0.25) is 4.79 Å². The fourth-order valence-electron chi connectivity index (χ4n) is 1.72. The van der Waals surface area contributed by atoms with Gasteiger partial charge in [0, 0.05) is 23.7 Å². The Morgan fingerprint density at radius 3 is 2.59 bits per heavy atom. The maximum atomic E-state index is 12.0. The van der Waals surface area contributed by atoms with Gasteiger partial charge in [-0.05, 0) is 41.4 Å². The van der Waals surface area contributed by atoms with Crippen LogP contribution in [-0.4, -0.2) is 34.4 Å². The zero-order chi connectivity index (χ0) is 16.2. The summed E-state index contributed by atoms with van der Waals surface area (Å²) in [6.07, 6.45) is 3.54. The van der Waals surface area contributed by atoms with Gasteiger partial charge in [-0.1, -0.05) is 56.3 Å². The predicted octanol–water partition coefficient (Wildman–Crippen LogP) is 3.05. The number of halogens is 1. The van der Waals surface area contributed by atoms with Crippen molar-refractivity contribution in [3.05, 3.63) is 29.8 Å². The summed E-state index contributed by atoms with van der Waals surface area (Å²) in [6, 6.07) is 7.53. The van der Waals surface area contributed by atoms with Crippen LogP contribution >= 0.6 is 44.2 Å². The number of benzene rings is 1. The molecular formula is C15H24IN3OS2. The lowest BCUT2D eigenvalue weighted by Crippen LogP contribution is -2.37. The quantitative estimate of drug-likeness (QED) is 0.208. The van der Waals surface area contributed by atoms with Crippen molar-refractivity contribution in [2.45, 2.75) is 25.3 Å². The van der Waals surface area contributed by atoms with Gasteiger partial charge in [0.25, 0.3) is 0 Å². The van der Waals surface area contributed by atoms with Crippen molar-refractivity contribution < 1.29 is 4.79 Å². The number of alkyl halides is 1. The topological polar surface area (TPSA) is 81.1 Å². The Morgan fingerprint density at radius 1 is 1.23 bits per heavy atom. The van der Waals surface area contributed by atoms with Crippen molar-refractivity contribution in [2.75, 3.05) is 27.8 Å². The number of nitrogens with two attached hydrogens (primary N) is 2. The third kappa shape index (κ3) is 8.61. The number of carbonyl (C=O) groups is 1. The second kappa shape index (κ2) is 12.5. The highest BCUT2D eigenvalue weighted by Crippen LogP contribution is 2.21. The third-order valence-corrected chi connectivity index (χ3v) is 6.17. The first kappa shape index (κ1) is 20.1. The Balaban J connectivity index is 2.34. The lowest BCUT2D eigenvalue weighted by molar-refractivity contribution is -0.116. The fraction of sp³-hybridized carbons (Fsp3) is 0.533. The molecule has 1 amide bonds. The van der Waals surface area contributed by atoms with Crippen molar-refractivity contribution in [3.63, 3.8) is 0 Å². The van der Waals surface area contributed by atoms with E-state index in [-0.39, 0.29) is 5.91 Å². The molecule has 1 aromatic carbocycles. The van der Waals surface area contributed by atoms with E-state index in [2.05, 4.69) is 40.0 Å². The summed E-state index contributed by atoms with van der Waals surface area (Å²) < 4.78 is 1.20. The van der Waals surface area contributed by atoms with E-state index in [1.807, 2.05) is 12.1 Å². The molecule has 0 aliphatic carbocycles. The summed E-state index contributed by atoms with van der Waals surface area (Å²) in [5.41, 5.74) is 13.4. The standard InChI is InChI=1S/C15H24IN3OS2/c16-8-2-1-3-12-4-6-13(7-5-12)19-15(20)14(18)11-22-21-10-9-17/h4-7,14H,1-3,8-11,17-18H2,(H,19,20). The molecule has 7 heteroatoms. The molecule has 124 valence electrons. The van der Waals surface area contributed by atoms with E-state index in [0.29, 0.717) is 12.3 Å². The molecule has 0 saturated carbocycles. The Bertz CT molecular complexity index is 431. The van der Waals surface area contributed by atoms with Gasteiger partial charge >= 0.3 is 0 Å². The number of aryl methyl sites for hydroxylation is 1. The molecule has 0 bridgehead atoms. The van der Waals surface area contributed by atoms with E-state index in [1.54, 1.807) is 21.6 Å². The number of unbranched alkanes of at least 4 members (excludes halogenated alkanes) is 1. The molecule has 0 spiro atoms. The van der Waals surface area contributed by atoms with Crippen LogP contribution in [0.2, 0.25) is 0 Å². The molecule has 0 aromatic heterocycles. The van der Waals surface area contributed by atoms with Crippen LogP contribution in [0.5, 0.6) is 0 Å². The van der Waals surface area contributed by atoms with Crippen LogP contribution in [0, 0.1) is 0 Å². The van der Waals surface area contributed by atoms with Gasteiger partial charge in [-0.2, -0.15) is 0 Å². The second-order valence-corrected chi connectivity index (χ2v) is 8.54. The Morgan fingerprint density at radius 2 is 1.95 bits per heavy atom. The molecular weight excluding hydrogens is 429 g/mol. The molecule has 0 fully saturated rings. The second-order valence-electron chi connectivity index (χ2n) is 4.83. The number of anilines is 1. The van der Waals surface area contributed by atoms with Crippen LogP contribution in [0.1, 0.15) is 18.4 Å². The Labute approximate surface area is 154 Å². The highest BCUT2D eigenvalue weighted by molar-refractivity contribution is 14.1. The molecule has 1 unspecified atom stereocenters. The molecule has 0 aliphatic rings. The Kier molecular flexibility index (Phi) is 11.4. The minimum atomic E-state index is -0.501.